The lowest BCUT2D eigenvalue weighted by Crippen LogP contribution is -2.49. The van der Waals surface area contributed by atoms with Gasteiger partial charge in [-0.05, 0) is 39.7 Å². The van der Waals surface area contributed by atoms with Crippen molar-refractivity contribution in [2.24, 2.45) is 0 Å². The molecule has 0 spiro atoms. The van der Waals surface area contributed by atoms with Crippen molar-refractivity contribution in [1.29, 1.82) is 0 Å². The Labute approximate surface area is 176 Å². The molecule has 8 nitrogen and oxygen atoms in total. The molecule has 1 aromatic carbocycles. The number of amides is 1. The summed E-state index contributed by atoms with van der Waals surface area (Å²) in [7, 11) is 0. The average Bonchev–Trinajstić information content (AvgIpc) is 3.20. The first-order valence-corrected chi connectivity index (χ1v) is 10.0. The van der Waals surface area contributed by atoms with Gasteiger partial charge in [0.15, 0.2) is 18.1 Å². The van der Waals surface area contributed by atoms with E-state index in [9.17, 15) is 9.59 Å². The quantitative estimate of drug-likeness (QED) is 0.630. The van der Waals surface area contributed by atoms with Crippen LogP contribution in [0.3, 0.4) is 0 Å². The van der Waals surface area contributed by atoms with Crippen molar-refractivity contribution < 1.29 is 23.8 Å². The smallest absolute Gasteiger partial charge is 0.340 e. The number of benzene rings is 1. The number of aromatic nitrogens is 1. The zero-order valence-electron chi connectivity index (χ0n) is 15.7. The minimum Gasteiger partial charge on any atom is -0.454 e. The van der Waals surface area contributed by atoms with Crippen LogP contribution >= 0.6 is 15.9 Å². The molecule has 152 valence electrons. The summed E-state index contributed by atoms with van der Waals surface area (Å²) in [4.78, 5) is 32.3. The molecule has 1 aromatic heterocycles. The van der Waals surface area contributed by atoms with Crippen LogP contribution in [0, 0.1) is 0 Å². The van der Waals surface area contributed by atoms with Crippen LogP contribution in [0.4, 0.5) is 0 Å². The molecule has 0 radical (unpaired) electrons. The van der Waals surface area contributed by atoms with Gasteiger partial charge in [0.1, 0.15) is 0 Å². The lowest BCUT2D eigenvalue weighted by Gasteiger charge is -2.34. The molecule has 2 aliphatic rings. The second-order valence-electron chi connectivity index (χ2n) is 6.81. The number of esters is 1. The first-order valence-electron chi connectivity index (χ1n) is 9.25. The number of rotatable bonds is 5. The van der Waals surface area contributed by atoms with E-state index in [0.717, 1.165) is 36.7 Å². The second kappa shape index (κ2) is 8.79. The number of fused-ring (bicyclic) bond motifs is 1. The van der Waals surface area contributed by atoms with Gasteiger partial charge in [0, 0.05) is 49.6 Å². The highest BCUT2D eigenvalue weighted by atomic mass is 79.9. The van der Waals surface area contributed by atoms with Crippen LogP contribution < -0.4 is 9.47 Å². The Hall–Kier alpha value is -2.65. The summed E-state index contributed by atoms with van der Waals surface area (Å²) in [5.41, 5.74) is 1.45. The van der Waals surface area contributed by atoms with E-state index in [1.165, 1.54) is 6.20 Å². The number of nitrogens with zero attached hydrogens (tertiary/aromatic N) is 3. The number of halogens is 1. The van der Waals surface area contributed by atoms with Gasteiger partial charge in [0.2, 0.25) is 6.79 Å². The highest BCUT2D eigenvalue weighted by molar-refractivity contribution is 9.10. The fourth-order valence-electron chi connectivity index (χ4n) is 3.28. The number of carbonyl (C=O) groups excluding carboxylic acids is 2. The first kappa shape index (κ1) is 19.7. The van der Waals surface area contributed by atoms with Gasteiger partial charge in [0.05, 0.1) is 5.56 Å². The third-order valence-electron chi connectivity index (χ3n) is 4.84. The molecule has 0 saturated carbocycles. The standard InChI is InChI=1S/C20H20BrN3O5/c21-16-8-15(9-22-10-16)20(26)27-12-19(25)24-5-3-23(4-6-24)11-14-1-2-17-18(7-14)29-13-28-17/h1-2,7-10H,3-6,11-13H2. The zero-order chi connectivity index (χ0) is 20.2. The largest absolute Gasteiger partial charge is 0.454 e. The van der Waals surface area contributed by atoms with Gasteiger partial charge in [-0.25, -0.2) is 4.79 Å². The van der Waals surface area contributed by atoms with Gasteiger partial charge < -0.3 is 19.1 Å². The highest BCUT2D eigenvalue weighted by Crippen LogP contribution is 2.32. The zero-order valence-corrected chi connectivity index (χ0v) is 17.3. The Morgan fingerprint density at radius 3 is 2.66 bits per heavy atom. The number of ether oxygens (including phenoxy) is 3. The molecular formula is C20H20BrN3O5. The molecule has 0 N–H and O–H groups in total. The van der Waals surface area contributed by atoms with Crippen LogP contribution in [-0.2, 0) is 16.1 Å². The molecular weight excluding hydrogens is 442 g/mol. The van der Waals surface area contributed by atoms with Crippen molar-refractivity contribution >= 4 is 27.8 Å². The lowest BCUT2D eigenvalue weighted by molar-refractivity contribution is -0.136. The van der Waals surface area contributed by atoms with E-state index in [4.69, 9.17) is 14.2 Å². The maximum atomic E-state index is 12.4. The van der Waals surface area contributed by atoms with E-state index in [0.29, 0.717) is 23.1 Å². The Morgan fingerprint density at radius 2 is 1.86 bits per heavy atom. The summed E-state index contributed by atoms with van der Waals surface area (Å²) in [6.07, 6.45) is 2.98. The summed E-state index contributed by atoms with van der Waals surface area (Å²) in [6, 6.07) is 7.55. The molecule has 0 bridgehead atoms. The van der Waals surface area contributed by atoms with Crippen molar-refractivity contribution in [2.75, 3.05) is 39.6 Å². The molecule has 1 saturated heterocycles. The van der Waals surface area contributed by atoms with Gasteiger partial charge >= 0.3 is 5.97 Å². The molecule has 3 heterocycles. The van der Waals surface area contributed by atoms with Crippen LogP contribution in [0.15, 0.2) is 41.1 Å². The number of hydrogen-bond donors (Lipinski definition) is 0. The second-order valence-corrected chi connectivity index (χ2v) is 7.73. The lowest BCUT2D eigenvalue weighted by atomic mass is 10.1. The molecule has 0 aliphatic carbocycles. The molecule has 1 amide bonds. The van der Waals surface area contributed by atoms with E-state index in [1.54, 1.807) is 17.2 Å². The van der Waals surface area contributed by atoms with Gasteiger partial charge in [-0.1, -0.05) is 6.07 Å². The molecule has 1 fully saturated rings. The van der Waals surface area contributed by atoms with Crippen LogP contribution in [0.2, 0.25) is 0 Å². The van der Waals surface area contributed by atoms with Gasteiger partial charge in [-0.15, -0.1) is 0 Å². The predicted molar refractivity (Wildman–Crippen MR) is 107 cm³/mol. The topological polar surface area (TPSA) is 81.2 Å². The summed E-state index contributed by atoms with van der Waals surface area (Å²) in [6.45, 7) is 3.48. The minimum atomic E-state index is -0.561. The van der Waals surface area contributed by atoms with Gasteiger partial charge in [0.25, 0.3) is 5.91 Å². The van der Waals surface area contributed by atoms with Crippen molar-refractivity contribution in [1.82, 2.24) is 14.8 Å². The van der Waals surface area contributed by atoms with Crippen LogP contribution in [0.1, 0.15) is 15.9 Å². The minimum absolute atomic E-state index is 0.191. The molecule has 4 rings (SSSR count). The molecule has 2 aliphatic heterocycles. The molecule has 2 aromatic rings. The number of pyridine rings is 1. The van der Waals surface area contributed by atoms with Gasteiger partial charge in [-0.3, -0.25) is 14.7 Å². The third kappa shape index (κ3) is 4.86. The summed E-state index contributed by atoms with van der Waals surface area (Å²) in [5.74, 6) is 0.800. The molecule has 0 atom stereocenters. The number of piperazine rings is 1. The van der Waals surface area contributed by atoms with E-state index in [1.807, 2.05) is 18.2 Å². The Bertz CT molecular complexity index is 915. The predicted octanol–water partition coefficient (Wildman–Crippen LogP) is 2.07. The van der Waals surface area contributed by atoms with Gasteiger partial charge in [-0.2, -0.15) is 0 Å². The Morgan fingerprint density at radius 1 is 1.07 bits per heavy atom. The van der Waals surface area contributed by atoms with E-state index in [2.05, 4.69) is 25.8 Å². The van der Waals surface area contributed by atoms with E-state index in [-0.39, 0.29) is 19.3 Å². The molecule has 0 unspecified atom stereocenters. The van der Waals surface area contributed by atoms with Crippen LogP contribution in [0.25, 0.3) is 0 Å². The van der Waals surface area contributed by atoms with Crippen LogP contribution in [-0.4, -0.2) is 66.2 Å². The first-order chi connectivity index (χ1) is 14.1. The summed E-state index contributed by atoms with van der Waals surface area (Å²) in [5, 5.41) is 0. The van der Waals surface area contributed by atoms with Crippen molar-refractivity contribution in [2.45, 2.75) is 6.54 Å². The summed E-state index contributed by atoms with van der Waals surface area (Å²) >= 11 is 3.25. The SMILES string of the molecule is O=C(OCC(=O)N1CCN(Cc2ccc3c(c2)OCO3)CC1)c1cncc(Br)c1. The number of hydrogen-bond acceptors (Lipinski definition) is 7. The normalized spacial score (nSPS) is 16.0. The third-order valence-corrected chi connectivity index (χ3v) is 5.27. The fourth-order valence-corrected chi connectivity index (χ4v) is 3.64. The van der Waals surface area contributed by atoms with E-state index >= 15 is 0 Å². The fraction of sp³-hybridized carbons (Fsp3) is 0.350. The molecule has 9 heteroatoms. The van der Waals surface area contributed by atoms with Crippen LogP contribution in [0.5, 0.6) is 11.5 Å². The monoisotopic (exact) mass is 461 g/mol. The van der Waals surface area contributed by atoms with Crippen molar-refractivity contribution in [3.05, 3.63) is 52.3 Å². The molecule has 29 heavy (non-hydrogen) atoms. The van der Waals surface area contributed by atoms with Crippen molar-refractivity contribution in [3.63, 3.8) is 0 Å². The Kier molecular flexibility index (Phi) is 5.96. The maximum Gasteiger partial charge on any atom is 0.340 e. The number of carbonyl (C=O) groups is 2. The average molecular weight is 462 g/mol. The summed E-state index contributed by atoms with van der Waals surface area (Å²) < 4.78 is 16.6. The highest BCUT2D eigenvalue weighted by Gasteiger charge is 2.23. The maximum absolute atomic E-state index is 12.4. The van der Waals surface area contributed by atoms with E-state index < -0.39 is 5.97 Å². The Balaban J connectivity index is 1.23. The van der Waals surface area contributed by atoms with Crippen molar-refractivity contribution in [3.8, 4) is 11.5 Å².